The first-order chi connectivity index (χ1) is 7.18. The zero-order valence-electron chi connectivity index (χ0n) is 7.42. The molecule has 1 aromatic heterocycles. The molecule has 15 heavy (non-hydrogen) atoms. The first kappa shape index (κ1) is 9.64. The molecule has 0 bridgehead atoms. The van der Waals surface area contributed by atoms with Gasteiger partial charge < -0.3 is 0 Å². The van der Waals surface area contributed by atoms with E-state index in [1.165, 1.54) is 6.20 Å². The van der Waals surface area contributed by atoms with Gasteiger partial charge in [-0.15, -0.1) is 0 Å². The summed E-state index contributed by atoms with van der Waals surface area (Å²) < 4.78 is 36.7. The average molecular weight is 210 g/mol. The van der Waals surface area contributed by atoms with E-state index in [1.807, 2.05) is 0 Å². The third-order valence-corrected chi connectivity index (χ3v) is 1.85. The summed E-state index contributed by atoms with van der Waals surface area (Å²) in [5.74, 6) is -2.27. The van der Waals surface area contributed by atoms with Crippen molar-refractivity contribution in [2.45, 2.75) is 0 Å². The lowest BCUT2D eigenvalue weighted by Gasteiger charge is -1.98. The fourth-order valence-electron chi connectivity index (χ4n) is 1.16. The number of hydrogen-bond donors (Lipinski definition) is 0. The van der Waals surface area contributed by atoms with Gasteiger partial charge in [0.1, 0.15) is 0 Å². The third-order valence-electron chi connectivity index (χ3n) is 1.85. The highest BCUT2D eigenvalue weighted by molar-refractivity contribution is 5.78. The van der Waals surface area contributed by atoms with E-state index in [2.05, 4.69) is 9.97 Å². The van der Waals surface area contributed by atoms with Gasteiger partial charge in [-0.05, 0) is 6.07 Å². The second kappa shape index (κ2) is 3.68. The molecule has 0 spiro atoms. The van der Waals surface area contributed by atoms with Crippen molar-refractivity contribution in [3.63, 3.8) is 0 Å². The van der Waals surface area contributed by atoms with E-state index < -0.39 is 17.7 Å². The molecule has 0 fully saturated rings. The lowest BCUT2D eigenvalue weighted by atomic mass is 10.2. The second-order valence-electron chi connectivity index (χ2n) is 2.83. The molecule has 0 saturated carbocycles. The molecule has 5 heteroatoms. The number of fused-ring (bicyclic) bond motifs is 1. The van der Waals surface area contributed by atoms with Gasteiger partial charge >= 0.3 is 6.08 Å². The van der Waals surface area contributed by atoms with Crippen molar-refractivity contribution in [3.05, 3.63) is 42.4 Å². The molecule has 0 aliphatic rings. The molecule has 0 aliphatic heterocycles. The minimum absolute atomic E-state index is 0.430. The minimum Gasteiger partial charge on any atom is -0.234 e. The number of aromatic nitrogens is 2. The number of nitrogens with zero attached hydrogens (tertiary/aromatic N) is 2. The first-order valence-electron chi connectivity index (χ1n) is 4.11. The summed E-state index contributed by atoms with van der Waals surface area (Å²) in [4.78, 5) is 7.18. The maximum absolute atomic E-state index is 12.8. The van der Waals surface area contributed by atoms with Gasteiger partial charge in [-0.2, -0.15) is 13.2 Å². The summed E-state index contributed by atoms with van der Waals surface area (Å²) in [6, 6.07) is 6.76. The largest absolute Gasteiger partial charge is 0.309 e. The molecule has 0 N–H and O–H groups in total. The molecule has 76 valence electrons. The van der Waals surface area contributed by atoms with Gasteiger partial charge in [-0.25, -0.2) is 9.97 Å². The van der Waals surface area contributed by atoms with Gasteiger partial charge in [0.25, 0.3) is 0 Å². The van der Waals surface area contributed by atoms with Crippen molar-refractivity contribution in [2.24, 2.45) is 0 Å². The monoisotopic (exact) mass is 210 g/mol. The van der Waals surface area contributed by atoms with Crippen LogP contribution in [0, 0.1) is 0 Å². The van der Waals surface area contributed by atoms with Gasteiger partial charge in [0, 0.05) is 11.6 Å². The van der Waals surface area contributed by atoms with E-state index in [0.29, 0.717) is 10.9 Å². The van der Waals surface area contributed by atoms with Gasteiger partial charge in [-0.3, -0.25) is 0 Å². The average Bonchev–Trinajstić information content (AvgIpc) is 2.27. The van der Waals surface area contributed by atoms with E-state index in [0.717, 1.165) is 0 Å². The molecular weight excluding hydrogens is 205 g/mol. The maximum atomic E-state index is 12.8. The topological polar surface area (TPSA) is 25.8 Å². The fraction of sp³-hybridized carbons (Fsp3) is 0. The second-order valence-corrected chi connectivity index (χ2v) is 2.83. The summed E-state index contributed by atoms with van der Waals surface area (Å²) >= 11 is 0. The SMILES string of the molecule is FC(F)=C(F)c1ncc2ccccc2n1. The number of halogens is 3. The van der Waals surface area contributed by atoms with Crippen LogP contribution in [-0.4, -0.2) is 9.97 Å². The molecule has 0 radical (unpaired) electrons. The van der Waals surface area contributed by atoms with Crippen LogP contribution in [0.3, 0.4) is 0 Å². The lowest BCUT2D eigenvalue weighted by Crippen LogP contribution is -1.92. The van der Waals surface area contributed by atoms with Crippen LogP contribution in [0.4, 0.5) is 13.2 Å². The Bertz CT molecular complexity index is 533. The Hall–Kier alpha value is -1.91. The Morgan fingerprint density at radius 2 is 1.80 bits per heavy atom. The molecule has 0 amide bonds. The predicted molar refractivity (Wildman–Crippen MR) is 49.8 cm³/mol. The highest BCUT2D eigenvalue weighted by Crippen LogP contribution is 2.20. The number of benzene rings is 1. The van der Waals surface area contributed by atoms with Gasteiger partial charge in [0.2, 0.25) is 5.83 Å². The van der Waals surface area contributed by atoms with Crippen molar-refractivity contribution in [1.82, 2.24) is 9.97 Å². The zero-order chi connectivity index (χ0) is 10.8. The molecular formula is C10H5F3N2. The highest BCUT2D eigenvalue weighted by Gasteiger charge is 2.11. The standard InChI is InChI=1S/C10H5F3N2/c11-8(9(12)13)10-14-5-6-3-1-2-4-7(6)15-10/h1-5H. The van der Waals surface area contributed by atoms with Crippen LogP contribution in [0.15, 0.2) is 36.5 Å². The van der Waals surface area contributed by atoms with Gasteiger partial charge in [0.15, 0.2) is 5.82 Å². The smallest absolute Gasteiger partial charge is 0.234 e. The normalized spacial score (nSPS) is 10.3. The molecule has 0 atom stereocenters. The number of rotatable bonds is 1. The van der Waals surface area contributed by atoms with E-state index >= 15 is 0 Å². The third kappa shape index (κ3) is 1.81. The molecule has 1 heterocycles. The Morgan fingerprint density at radius 3 is 2.53 bits per heavy atom. The molecule has 2 aromatic rings. The van der Waals surface area contributed by atoms with Crippen molar-refractivity contribution in [3.8, 4) is 0 Å². The Balaban J connectivity index is 2.62. The summed E-state index contributed by atoms with van der Waals surface area (Å²) in [7, 11) is 0. The van der Waals surface area contributed by atoms with Crippen molar-refractivity contribution in [2.75, 3.05) is 0 Å². The highest BCUT2D eigenvalue weighted by atomic mass is 19.3. The predicted octanol–water partition coefficient (Wildman–Crippen LogP) is 3.16. The Labute approximate surface area is 83.1 Å². The number of hydrogen-bond acceptors (Lipinski definition) is 2. The first-order valence-corrected chi connectivity index (χ1v) is 4.11. The van der Waals surface area contributed by atoms with Crippen LogP contribution < -0.4 is 0 Å². The van der Waals surface area contributed by atoms with Crippen LogP contribution in [-0.2, 0) is 0 Å². The van der Waals surface area contributed by atoms with Crippen LogP contribution in [0.2, 0.25) is 0 Å². The van der Waals surface area contributed by atoms with Crippen LogP contribution in [0.5, 0.6) is 0 Å². The molecule has 0 unspecified atom stereocenters. The Kier molecular flexibility index (Phi) is 2.37. The van der Waals surface area contributed by atoms with E-state index in [-0.39, 0.29) is 0 Å². The molecule has 2 nitrogen and oxygen atoms in total. The zero-order valence-corrected chi connectivity index (χ0v) is 7.42. The minimum atomic E-state index is -2.41. The summed E-state index contributed by atoms with van der Waals surface area (Å²) in [5, 5.41) is 0.674. The molecule has 1 aromatic carbocycles. The molecule has 0 saturated heterocycles. The van der Waals surface area contributed by atoms with E-state index in [1.54, 1.807) is 24.3 Å². The summed E-state index contributed by atoms with van der Waals surface area (Å²) in [6.07, 6.45) is -1.11. The van der Waals surface area contributed by atoms with Gasteiger partial charge in [0.05, 0.1) is 5.52 Å². The summed E-state index contributed by atoms with van der Waals surface area (Å²) in [6.45, 7) is 0. The molecule has 0 aliphatic carbocycles. The summed E-state index contributed by atoms with van der Waals surface area (Å²) in [5.41, 5.74) is 0.430. The van der Waals surface area contributed by atoms with Crippen LogP contribution in [0.1, 0.15) is 5.82 Å². The van der Waals surface area contributed by atoms with E-state index in [4.69, 9.17) is 0 Å². The quantitative estimate of drug-likeness (QED) is 0.722. The fourth-order valence-corrected chi connectivity index (χ4v) is 1.16. The van der Waals surface area contributed by atoms with Crippen molar-refractivity contribution in [1.29, 1.82) is 0 Å². The number of para-hydroxylation sites is 1. The maximum Gasteiger partial charge on any atom is 0.309 e. The van der Waals surface area contributed by atoms with Crippen molar-refractivity contribution < 1.29 is 13.2 Å². The van der Waals surface area contributed by atoms with Crippen LogP contribution >= 0.6 is 0 Å². The van der Waals surface area contributed by atoms with Gasteiger partial charge in [-0.1, -0.05) is 18.2 Å². The van der Waals surface area contributed by atoms with Crippen LogP contribution in [0.25, 0.3) is 16.7 Å². The molecule has 2 rings (SSSR count). The van der Waals surface area contributed by atoms with E-state index in [9.17, 15) is 13.2 Å². The van der Waals surface area contributed by atoms with Crippen molar-refractivity contribution >= 4 is 16.7 Å². The Morgan fingerprint density at radius 1 is 1.07 bits per heavy atom. The lowest BCUT2D eigenvalue weighted by molar-refractivity contribution is 0.409.